The van der Waals surface area contributed by atoms with Crippen LogP contribution in [-0.4, -0.2) is 31.5 Å². The number of rotatable bonds is 4. The van der Waals surface area contributed by atoms with E-state index in [1.165, 1.54) is 0 Å². The Bertz CT molecular complexity index is 543. The number of aliphatic imine (C=N–C) groups is 1. The van der Waals surface area contributed by atoms with Gasteiger partial charge in [-0.2, -0.15) is 0 Å². The first-order valence-corrected chi connectivity index (χ1v) is 7.68. The Balaban J connectivity index is 2.36. The van der Waals surface area contributed by atoms with Crippen LogP contribution in [0.5, 0.6) is 0 Å². The van der Waals surface area contributed by atoms with Crippen LogP contribution < -0.4 is 15.5 Å². The van der Waals surface area contributed by atoms with Crippen LogP contribution in [0.3, 0.4) is 0 Å². The maximum absolute atomic E-state index is 11.9. The molecular weight excluding hydrogens is 311 g/mol. The predicted molar refractivity (Wildman–Crippen MR) is 87.9 cm³/mol. The number of carbonyl (C=O) groups is 1. The summed E-state index contributed by atoms with van der Waals surface area (Å²) in [6, 6.07) is 3.44. The molecule has 2 rings (SSSR count). The summed E-state index contributed by atoms with van der Waals surface area (Å²) in [5.74, 6) is 0.686. The lowest BCUT2D eigenvalue weighted by Gasteiger charge is -2.21. The second-order valence-electron chi connectivity index (χ2n) is 4.56. The van der Waals surface area contributed by atoms with Crippen molar-refractivity contribution in [2.45, 2.75) is 20.3 Å². The smallest absolute Gasteiger partial charge is 0.226 e. The molecule has 0 aromatic heterocycles. The molecule has 7 heteroatoms. The molecule has 0 spiro atoms. The molecule has 1 aliphatic rings. The molecule has 0 unspecified atom stereocenters. The summed E-state index contributed by atoms with van der Waals surface area (Å²) in [7, 11) is 0. The molecule has 21 heavy (non-hydrogen) atoms. The van der Waals surface area contributed by atoms with Gasteiger partial charge in [0, 0.05) is 31.7 Å². The predicted octanol–water partition coefficient (Wildman–Crippen LogP) is 2.94. The molecule has 1 amide bonds. The SMILES string of the molecule is CCC(=O)N(CC)c1cc(Cl)c(N=C2NCCN2)c(Cl)c1. The van der Waals surface area contributed by atoms with Gasteiger partial charge in [0.05, 0.1) is 10.0 Å². The molecule has 0 bridgehead atoms. The zero-order valence-corrected chi connectivity index (χ0v) is 13.6. The van der Waals surface area contributed by atoms with E-state index in [-0.39, 0.29) is 5.91 Å². The van der Waals surface area contributed by atoms with E-state index in [1.54, 1.807) is 17.0 Å². The Hall–Kier alpha value is -1.46. The maximum atomic E-state index is 11.9. The van der Waals surface area contributed by atoms with Crippen molar-refractivity contribution in [3.8, 4) is 0 Å². The number of amides is 1. The van der Waals surface area contributed by atoms with Crippen LogP contribution >= 0.6 is 23.2 Å². The Morgan fingerprint density at radius 3 is 2.29 bits per heavy atom. The van der Waals surface area contributed by atoms with Gasteiger partial charge < -0.3 is 15.5 Å². The summed E-state index contributed by atoms with van der Waals surface area (Å²) in [6.07, 6.45) is 0.432. The lowest BCUT2D eigenvalue weighted by Crippen LogP contribution is -2.29. The minimum Gasteiger partial charge on any atom is -0.354 e. The molecule has 114 valence electrons. The number of nitrogens with zero attached hydrogens (tertiary/aromatic N) is 2. The monoisotopic (exact) mass is 328 g/mol. The summed E-state index contributed by atoms with van der Waals surface area (Å²) in [5, 5.41) is 7.02. The van der Waals surface area contributed by atoms with Crippen LogP contribution in [0.2, 0.25) is 10.0 Å². The lowest BCUT2D eigenvalue weighted by molar-refractivity contribution is -0.118. The van der Waals surface area contributed by atoms with Crippen molar-refractivity contribution >= 4 is 46.4 Å². The van der Waals surface area contributed by atoms with Gasteiger partial charge in [-0.05, 0) is 19.1 Å². The fourth-order valence-corrected chi connectivity index (χ4v) is 2.68. The van der Waals surface area contributed by atoms with Gasteiger partial charge in [-0.3, -0.25) is 4.79 Å². The number of hydrogen-bond acceptors (Lipinski definition) is 2. The second kappa shape index (κ2) is 7.00. The van der Waals surface area contributed by atoms with E-state index in [0.29, 0.717) is 40.3 Å². The number of anilines is 1. The van der Waals surface area contributed by atoms with Gasteiger partial charge in [0.2, 0.25) is 5.91 Å². The molecule has 0 aliphatic carbocycles. The van der Waals surface area contributed by atoms with E-state index in [0.717, 1.165) is 13.1 Å². The van der Waals surface area contributed by atoms with Crippen LogP contribution in [0.25, 0.3) is 0 Å². The second-order valence-corrected chi connectivity index (χ2v) is 5.38. The first-order valence-electron chi connectivity index (χ1n) is 6.92. The Morgan fingerprint density at radius 1 is 1.24 bits per heavy atom. The minimum absolute atomic E-state index is 0.0304. The fraction of sp³-hybridized carbons (Fsp3) is 0.429. The highest BCUT2D eigenvalue weighted by Crippen LogP contribution is 2.37. The number of nitrogens with one attached hydrogen (secondary N) is 2. The summed E-state index contributed by atoms with van der Waals surface area (Å²) in [5.41, 5.74) is 1.19. The minimum atomic E-state index is 0.0304. The lowest BCUT2D eigenvalue weighted by atomic mass is 10.2. The zero-order chi connectivity index (χ0) is 15.4. The van der Waals surface area contributed by atoms with E-state index in [9.17, 15) is 4.79 Å². The number of carbonyl (C=O) groups excluding carboxylic acids is 1. The van der Waals surface area contributed by atoms with Gasteiger partial charge in [0.25, 0.3) is 0 Å². The molecule has 1 heterocycles. The van der Waals surface area contributed by atoms with E-state index in [1.807, 2.05) is 13.8 Å². The Kier molecular flexibility index (Phi) is 5.31. The quantitative estimate of drug-likeness (QED) is 0.893. The van der Waals surface area contributed by atoms with Gasteiger partial charge in [-0.15, -0.1) is 0 Å². The van der Waals surface area contributed by atoms with Crippen molar-refractivity contribution in [1.29, 1.82) is 0 Å². The molecule has 0 saturated carbocycles. The van der Waals surface area contributed by atoms with E-state index >= 15 is 0 Å². The van der Waals surface area contributed by atoms with Crippen molar-refractivity contribution < 1.29 is 4.79 Å². The van der Waals surface area contributed by atoms with Crippen LogP contribution in [-0.2, 0) is 4.79 Å². The van der Waals surface area contributed by atoms with Crippen molar-refractivity contribution in [2.24, 2.45) is 4.99 Å². The number of guanidine groups is 1. The number of hydrogen-bond donors (Lipinski definition) is 2. The zero-order valence-electron chi connectivity index (χ0n) is 12.0. The number of halogens is 2. The third-order valence-corrected chi connectivity index (χ3v) is 3.74. The molecule has 1 aromatic carbocycles. The maximum Gasteiger partial charge on any atom is 0.226 e. The summed E-state index contributed by atoms with van der Waals surface area (Å²) in [4.78, 5) is 18.0. The van der Waals surface area contributed by atoms with Gasteiger partial charge in [0.1, 0.15) is 5.69 Å². The Labute approximate surface area is 134 Å². The molecule has 1 aromatic rings. The molecule has 0 radical (unpaired) electrons. The van der Waals surface area contributed by atoms with Crippen molar-refractivity contribution in [3.63, 3.8) is 0 Å². The largest absolute Gasteiger partial charge is 0.354 e. The van der Waals surface area contributed by atoms with Crippen LogP contribution in [0.15, 0.2) is 17.1 Å². The van der Waals surface area contributed by atoms with Gasteiger partial charge in [0.15, 0.2) is 5.96 Å². The topological polar surface area (TPSA) is 56.7 Å². The average Bonchev–Trinajstić information content (AvgIpc) is 2.96. The highest BCUT2D eigenvalue weighted by Gasteiger charge is 2.17. The molecule has 1 saturated heterocycles. The van der Waals surface area contributed by atoms with E-state index < -0.39 is 0 Å². The van der Waals surface area contributed by atoms with Crippen molar-refractivity contribution in [2.75, 3.05) is 24.5 Å². The van der Waals surface area contributed by atoms with E-state index in [4.69, 9.17) is 23.2 Å². The molecule has 1 fully saturated rings. The van der Waals surface area contributed by atoms with Gasteiger partial charge in [-0.25, -0.2) is 4.99 Å². The number of benzene rings is 1. The summed E-state index contributed by atoms with van der Waals surface area (Å²) < 4.78 is 0. The highest BCUT2D eigenvalue weighted by atomic mass is 35.5. The Morgan fingerprint density at radius 2 is 1.81 bits per heavy atom. The highest BCUT2D eigenvalue weighted by molar-refractivity contribution is 6.39. The first-order chi connectivity index (χ1) is 10.1. The van der Waals surface area contributed by atoms with Crippen LogP contribution in [0.1, 0.15) is 20.3 Å². The molecule has 2 N–H and O–H groups in total. The van der Waals surface area contributed by atoms with Crippen LogP contribution in [0, 0.1) is 0 Å². The molecule has 1 aliphatic heterocycles. The van der Waals surface area contributed by atoms with E-state index in [2.05, 4.69) is 15.6 Å². The fourth-order valence-electron chi connectivity index (χ4n) is 2.12. The third-order valence-electron chi connectivity index (χ3n) is 3.17. The summed E-state index contributed by atoms with van der Waals surface area (Å²) in [6.45, 7) is 5.94. The van der Waals surface area contributed by atoms with Crippen molar-refractivity contribution in [1.82, 2.24) is 10.6 Å². The summed E-state index contributed by atoms with van der Waals surface area (Å²) >= 11 is 12.6. The first kappa shape index (κ1) is 15.9. The average molecular weight is 329 g/mol. The van der Waals surface area contributed by atoms with Crippen molar-refractivity contribution in [3.05, 3.63) is 22.2 Å². The van der Waals surface area contributed by atoms with Crippen LogP contribution in [0.4, 0.5) is 11.4 Å². The molecule has 0 atom stereocenters. The molecule has 5 nitrogen and oxygen atoms in total. The molecular formula is C14H18Cl2N4O. The standard InChI is InChI=1S/C14H18Cl2N4O/c1-3-12(21)20(4-2)9-7-10(15)13(11(16)8-9)19-14-17-5-6-18-14/h7-8H,3-6H2,1-2H3,(H2,17,18,19). The third kappa shape index (κ3) is 3.60. The normalized spacial score (nSPS) is 13.6. The van der Waals surface area contributed by atoms with Gasteiger partial charge >= 0.3 is 0 Å². The van der Waals surface area contributed by atoms with Gasteiger partial charge in [-0.1, -0.05) is 30.1 Å².